The van der Waals surface area contributed by atoms with Gasteiger partial charge in [0, 0.05) is 45.2 Å². The van der Waals surface area contributed by atoms with Gasteiger partial charge in [-0.2, -0.15) is 0 Å². The zero-order valence-electron chi connectivity index (χ0n) is 19.1. The Morgan fingerprint density at radius 1 is 0.879 bits per heavy atom. The van der Waals surface area contributed by atoms with Gasteiger partial charge in [-0.05, 0) is 49.3 Å². The van der Waals surface area contributed by atoms with Crippen LogP contribution < -0.4 is 5.56 Å². The van der Waals surface area contributed by atoms with E-state index >= 15 is 0 Å². The van der Waals surface area contributed by atoms with Gasteiger partial charge in [0.2, 0.25) is 5.91 Å². The Labute approximate surface area is 194 Å². The maximum atomic E-state index is 13.1. The van der Waals surface area contributed by atoms with Crippen LogP contribution in [0, 0.1) is 11.8 Å². The Balaban J connectivity index is 1.11. The predicted molar refractivity (Wildman–Crippen MR) is 130 cm³/mol. The van der Waals surface area contributed by atoms with Crippen LogP contribution in [0.4, 0.5) is 0 Å². The number of rotatable bonds is 5. The van der Waals surface area contributed by atoms with Gasteiger partial charge in [0.05, 0.1) is 17.2 Å². The van der Waals surface area contributed by atoms with E-state index in [2.05, 4.69) is 39.0 Å². The van der Waals surface area contributed by atoms with Crippen molar-refractivity contribution < 1.29 is 4.79 Å². The predicted octanol–water partition coefficient (Wildman–Crippen LogP) is 3.55. The normalized spacial score (nSPS) is 21.9. The van der Waals surface area contributed by atoms with E-state index < -0.39 is 0 Å². The summed E-state index contributed by atoms with van der Waals surface area (Å²) in [5.41, 5.74) is 2.11. The molecule has 2 fully saturated rings. The van der Waals surface area contributed by atoms with E-state index in [0.29, 0.717) is 23.8 Å². The summed E-state index contributed by atoms with van der Waals surface area (Å²) in [6, 6.07) is 18.0. The Kier molecular flexibility index (Phi) is 6.53. The van der Waals surface area contributed by atoms with Gasteiger partial charge in [0.1, 0.15) is 0 Å². The number of hydrogen-bond donors (Lipinski definition) is 0. The molecular weight excluding hydrogens is 412 g/mol. The third-order valence-electron chi connectivity index (χ3n) is 7.32. The first-order valence-corrected chi connectivity index (χ1v) is 12.2. The van der Waals surface area contributed by atoms with Gasteiger partial charge in [-0.15, -0.1) is 0 Å². The highest BCUT2D eigenvalue weighted by atomic mass is 16.2. The average Bonchev–Trinajstić information content (AvgIpc) is 2.87. The quantitative estimate of drug-likeness (QED) is 0.604. The fraction of sp³-hybridized carbons (Fsp3) is 0.444. The number of nitrogens with zero attached hydrogens (tertiary/aromatic N) is 4. The molecule has 1 aliphatic heterocycles. The van der Waals surface area contributed by atoms with Crippen molar-refractivity contribution in [2.45, 2.75) is 38.8 Å². The first-order valence-electron chi connectivity index (χ1n) is 12.2. The molecular formula is C27H32N4O2. The lowest BCUT2D eigenvalue weighted by Gasteiger charge is -2.38. The van der Waals surface area contributed by atoms with Crippen LogP contribution in [0.15, 0.2) is 65.7 Å². The van der Waals surface area contributed by atoms with Crippen LogP contribution in [0.3, 0.4) is 0 Å². The molecule has 33 heavy (non-hydrogen) atoms. The van der Waals surface area contributed by atoms with Crippen molar-refractivity contribution in [2.24, 2.45) is 11.8 Å². The van der Waals surface area contributed by atoms with Crippen LogP contribution in [0.5, 0.6) is 0 Å². The molecule has 2 heterocycles. The maximum Gasteiger partial charge on any atom is 0.261 e. The summed E-state index contributed by atoms with van der Waals surface area (Å²) in [6.07, 6.45) is 5.50. The molecule has 172 valence electrons. The van der Waals surface area contributed by atoms with Gasteiger partial charge in [0.15, 0.2) is 0 Å². The Morgan fingerprint density at radius 2 is 1.58 bits per heavy atom. The minimum absolute atomic E-state index is 0.0344. The van der Waals surface area contributed by atoms with E-state index in [1.807, 2.05) is 30.3 Å². The number of para-hydroxylation sites is 1. The molecule has 3 aromatic rings. The summed E-state index contributed by atoms with van der Waals surface area (Å²) in [7, 11) is 0. The largest absolute Gasteiger partial charge is 0.340 e. The number of fused-ring (bicyclic) bond motifs is 1. The van der Waals surface area contributed by atoms with Crippen LogP contribution in [-0.4, -0.2) is 51.4 Å². The molecule has 0 bridgehead atoms. The molecule has 1 saturated heterocycles. The van der Waals surface area contributed by atoms with Gasteiger partial charge in [-0.25, -0.2) is 4.98 Å². The average molecular weight is 445 g/mol. The molecule has 1 amide bonds. The van der Waals surface area contributed by atoms with E-state index in [0.717, 1.165) is 63.9 Å². The second-order valence-corrected chi connectivity index (χ2v) is 9.52. The molecule has 2 aromatic carbocycles. The van der Waals surface area contributed by atoms with E-state index in [9.17, 15) is 9.59 Å². The SMILES string of the molecule is O=C(C1CCC(Cn2cnc3ccccc3c2=O)CC1)N1CCN(Cc2ccccc2)CC1. The molecule has 0 spiro atoms. The lowest BCUT2D eigenvalue weighted by Crippen LogP contribution is -2.50. The first kappa shape index (κ1) is 21.8. The van der Waals surface area contributed by atoms with Crippen LogP contribution in [0.1, 0.15) is 31.2 Å². The second-order valence-electron chi connectivity index (χ2n) is 9.52. The third-order valence-corrected chi connectivity index (χ3v) is 7.32. The van der Waals surface area contributed by atoms with E-state index in [4.69, 9.17) is 0 Å². The maximum absolute atomic E-state index is 13.1. The van der Waals surface area contributed by atoms with Crippen molar-refractivity contribution in [3.05, 3.63) is 76.8 Å². The molecule has 0 unspecified atom stereocenters. The van der Waals surface area contributed by atoms with Crippen LogP contribution in [-0.2, 0) is 17.9 Å². The number of hydrogen-bond acceptors (Lipinski definition) is 4. The Hall–Kier alpha value is -2.99. The minimum Gasteiger partial charge on any atom is -0.340 e. The molecule has 1 aromatic heterocycles. The van der Waals surface area contributed by atoms with Crippen LogP contribution in [0.25, 0.3) is 10.9 Å². The minimum atomic E-state index is 0.0344. The fourth-order valence-electron chi connectivity index (χ4n) is 5.33. The molecule has 0 radical (unpaired) electrons. The number of piperazine rings is 1. The molecule has 5 rings (SSSR count). The summed E-state index contributed by atoms with van der Waals surface area (Å²) in [6.45, 7) is 5.17. The number of carbonyl (C=O) groups is 1. The zero-order chi connectivity index (χ0) is 22.6. The fourth-order valence-corrected chi connectivity index (χ4v) is 5.33. The standard InChI is InChI=1S/C27H32N4O2/c32-26(30-16-14-29(15-17-30)18-21-6-2-1-3-7-21)23-12-10-22(11-13-23)19-31-20-28-25-9-5-4-8-24(25)27(31)33/h1-9,20,22-23H,10-19H2. The van der Waals surface area contributed by atoms with Gasteiger partial charge in [-0.1, -0.05) is 42.5 Å². The van der Waals surface area contributed by atoms with Crippen molar-refractivity contribution >= 4 is 16.8 Å². The number of benzene rings is 2. The van der Waals surface area contributed by atoms with Crippen molar-refractivity contribution in [3.63, 3.8) is 0 Å². The third kappa shape index (κ3) is 5.01. The number of amides is 1. The number of carbonyl (C=O) groups excluding carboxylic acids is 1. The molecule has 2 aliphatic rings. The van der Waals surface area contributed by atoms with Gasteiger partial charge in [0.25, 0.3) is 5.56 Å². The lowest BCUT2D eigenvalue weighted by molar-refractivity contribution is -0.138. The monoisotopic (exact) mass is 444 g/mol. The molecule has 6 nitrogen and oxygen atoms in total. The second kappa shape index (κ2) is 9.87. The molecule has 0 N–H and O–H groups in total. The first-order chi connectivity index (χ1) is 16.2. The van der Waals surface area contributed by atoms with Gasteiger partial charge >= 0.3 is 0 Å². The molecule has 0 atom stereocenters. The topological polar surface area (TPSA) is 58.4 Å². The zero-order valence-corrected chi connectivity index (χ0v) is 19.1. The van der Waals surface area contributed by atoms with E-state index in [1.165, 1.54) is 5.56 Å². The van der Waals surface area contributed by atoms with E-state index in [-0.39, 0.29) is 11.5 Å². The summed E-state index contributed by atoms with van der Waals surface area (Å²) in [4.78, 5) is 34.9. The van der Waals surface area contributed by atoms with Gasteiger partial charge < -0.3 is 4.90 Å². The molecule has 1 aliphatic carbocycles. The van der Waals surface area contributed by atoms with Crippen molar-refractivity contribution in [1.82, 2.24) is 19.4 Å². The molecule has 1 saturated carbocycles. The number of aromatic nitrogens is 2. The lowest BCUT2D eigenvalue weighted by atomic mass is 9.81. The highest BCUT2D eigenvalue weighted by Crippen LogP contribution is 2.31. The summed E-state index contributed by atoms with van der Waals surface area (Å²) >= 11 is 0. The van der Waals surface area contributed by atoms with Crippen molar-refractivity contribution in [2.75, 3.05) is 26.2 Å². The summed E-state index contributed by atoms with van der Waals surface area (Å²) in [5, 5.41) is 0.676. The smallest absolute Gasteiger partial charge is 0.261 e. The van der Waals surface area contributed by atoms with E-state index in [1.54, 1.807) is 10.9 Å². The highest BCUT2D eigenvalue weighted by Gasteiger charge is 2.31. The summed E-state index contributed by atoms with van der Waals surface area (Å²) < 4.78 is 1.75. The van der Waals surface area contributed by atoms with Gasteiger partial charge in [-0.3, -0.25) is 19.1 Å². The molecule has 6 heteroatoms. The van der Waals surface area contributed by atoms with Crippen molar-refractivity contribution in [3.8, 4) is 0 Å². The Morgan fingerprint density at radius 3 is 2.33 bits per heavy atom. The van der Waals surface area contributed by atoms with Crippen LogP contribution in [0.2, 0.25) is 0 Å². The Bertz CT molecular complexity index is 1140. The van der Waals surface area contributed by atoms with Crippen molar-refractivity contribution in [1.29, 1.82) is 0 Å². The van der Waals surface area contributed by atoms with Crippen LogP contribution >= 0.6 is 0 Å². The highest BCUT2D eigenvalue weighted by molar-refractivity contribution is 5.79. The summed E-state index contributed by atoms with van der Waals surface area (Å²) in [5.74, 6) is 0.892.